The van der Waals surface area contributed by atoms with Gasteiger partial charge in [0.2, 0.25) is 0 Å². The van der Waals surface area contributed by atoms with Crippen LogP contribution in [0.1, 0.15) is 92.4 Å². The Morgan fingerprint density at radius 2 is 1.56 bits per heavy atom. The molecule has 52 heavy (non-hydrogen) atoms. The monoisotopic (exact) mass is 737 g/mol. The van der Waals surface area contributed by atoms with E-state index in [1.165, 1.54) is 6.92 Å². The molecule has 1 spiro atoms. The van der Waals surface area contributed by atoms with Gasteiger partial charge in [0.25, 0.3) is 0 Å². The summed E-state index contributed by atoms with van der Waals surface area (Å²) in [7, 11) is 0. The summed E-state index contributed by atoms with van der Waals surface area (Å²) in [6, 6.07) is 0. The Morgan fingerprint density at radius 3 is 2.27 bits per heavy atom. The van der Waals surface area contributed by atoms with Crippen molar-refractivity contribution in [2.45, 2.75) is 172 Å². The smallest absolute Gasteiger partial charge is 0.187 e. The Labute approximate surface area is 307 Å². The van der Waals surface area contributed by atoms with E-state index in [0.717, 1.165) is 64.3 Å². The van der Waals surface area contributed by atoms with E-state index in [0.29, 0.717) is 29.5 Å². The number of piperidine rings is 1. The van der Waals surface area contributed by atoms with Gasteiger partial charge in [0, 0.05) is 24.3 Å². The maximum atomic E-state index is 14.5. The molecule has 7 N–H and O–H groups in total. The molecule has 4 saturated carbocycles. The molecule has 0 radical (unpaired) electrons. The summed E-state index contributed by atoms with van der Waals surface area (Å²) in [5.74, 6) is 2.62. The predicted octanol–water partition coefficient (Wildman–Crippen LogP) is 1.22. The van der Waals surface area contributed by atoms with Crippen LogP contribution in [-0.4, -0.2) is 129 Å². The third kappa shape index (κ3) is 5.73. The van der Waals surface area contributed by atoms with Gasteiger partial charge in [-0.1, -0.05) is 27.7 Å². The van der Waals surface area contributed by atoms with Crippen molar-refractivity contribution in [3.63, 3.8) is 0 Å². The van der Waals surface area contributed by atoms with E-state index >= 15 is 0 Å². The molecule has 4 aliphatic carbocycles. The van der Waals surface area contributed by atoms with Crippen LogP contribution in [-0.2, 0) is 28.5 Å². The van der Waals surface area contributed by atoms with E-state index in [9.17, 15) is 35.4 Å². The van der Waals surface area contributed by atoms with Gasteiger partial charge in [0.1, 0.15) is 54.6 Å². The number of ketones is 1. The first-order valence-electron chi connectivity index (χ1n) is 20.2. The van der Waals surface area contributed by atoms with Crippen molar-refractivity contribution >= 4 is 5.78 Å². The molecule has 8 aliphatic rings. The largest absolute Gasteiger partial charge is 0.394 e. The molecule has 296 valence electrons. The van der Waals surface area contributed by atoms with Gasteiger partial charge in [0.15, 0.2) is 18.4 Å². The van der Waals surface area contributed by atoms with Gasteiger partial charge in [-0.25, -0.2) is 0 Å². The normalized spacial score (nSPS) is 59.1. The van der Waals surface area contributed by atoms with Crippen molar-refractivity contribution in [1.82, 2.24) is 5.32 Å². The molecule has 0 aromatic carbocycles. The first-order chi connectivity index (χ1) is 24.6. The molecule has 4 heterocycles. The highest BCUT2D eigenvalue weighted by molar-refractivity contribution is 5.90. The van der Waals surface area contributed by atoms with Crippen molar-refractivity contribution in [2.75, 3.05) is 13.2 Å². The minimum Gasteiger partial charge on any atom is -0.394 e. The van der Waals surface area contributed by atoms with Crippen molar-refractivity contribution < 1.29 is 59.1 Å². The van der Waals surface area contributed by atoms with E-state index in [2.05, 4.69) is 33.0 Å². The van der Waals surface area contributed by atoms with Crippen molar-refractivity contribution in [1.29, 1.82) is 0 Å². The minimum absolute atomic E-state index is 0.0203. The molecule has 8 fully saturated rings. The summed E-state index contributed by atoms with van der Waals surface area (Å²) >= 11 is 0. The summed E-state index contributed by atoms with van der Waals surface area (Å²) in [5.41, 5.74) is -0.409. The van der Waals surface area contributed by atoms with Crippen LogP contribution in [0, 0.1) is 52.3 Å². The van der Waals surface area contributed by atoms with Gasteiger partial charge in [-0.15, -0.1) is 0 Å². The Balaban J connectivity index is 0.957. The zero-order chi connectivity index (χ0) is 37.1. The number of hydrogen-bond acceptors (Lipinski definition) is 13. The highest BCUT2D eigenvalue weighted by Gasteiger charge is 2.72. The van der Waals surface area contributed by atoms with Gasteiger partial charge in [-0.2, -0.15) is 0 Å². The number of ether oxygens (including phenoxy) is 5. The molecular formula is C39H63NO12. The van der Waals surface area contributed by atoms with Gasteiger partial charge in [-0.05, 0) is 99.2 Å². The van der Waals surface area contributed by atoms with Crippen LogP contribution in [0.3, 0.4) is 0 Å². The molecule has 8 rings (SSSR count). The highest BCUT2D eigenvalue weighted by atomic mass is 16.8. The molecule has 0 aromatic heterocycles. The second kappa shape index (κ2) is 13.7. The van der Waals surface area contributed by atoms with Gasteiger partial charge < -0.3 is 54.3 Å². The topological polar surface area (TPSA) is 197 Å². The molecule has 13 heteroatoms. The Kier molecular flexibility index (Phi) is 10.0. The lowest BCUT2D eigenvalue weighted by Gasteiger charge is -2.61. The fourth-order valence-electron chi connectivity index (χ4n) is 13.0. The van der Waals surface area contributed by atoms with Crippen LogP contribution in [0.4, 0.5) is 0 Å². The predicted molar refractivity (Wildman–Crippen MR) is 184 cm³/mol. The summed E-state index contributed by atoms with van der Waals surface area (Å²) in [6.07, 6.45) is -5.45. The number of aliphatic hydroxyl groups is 6. The molecule has 22 atom stereocenters. The maximum absolute atomic E-state index is 14.5. The van der Waals surface area contributed by atoms with E-state index in [-0.39, 0.29) is 46.5 Å². The van der Waals surface area contributed by atoms with Crippen LogP contribution in [0.2, 0.25) is 0 Å². The SMILES string of the molecule is CC1CCC2(NC1)OC1C(=O)C3C4CCC5CC(O[C@@H]6O[C@H](CO)[C@@H](O)[C@H](O)[C@H]6O[C@@H]6O[C@@H](C)[C@H](O)[C@@H](O)[C@H]6O)CCC5(C)C4CCC3(C)C1C2C. The van der Waals surface area contributed by atoms with Gasteiger partial charge >= 0.3 is 0 Å². The average Bonchev–Trinajstić information content (AvgIpc) is 3.53. The molecule has 0 aromatic rings. The minimum atomic E-state index is -1.62. The molecule has 4 saturated heterocycles. The van der Waals surface area contributed by atoms with Gasteiger partial charge in [-0.3, -0.25) is 10.1 Å². The molecule has 4 aliphatic heterocycles. The number of Topliss-reactive ketones (excluding diaryl/α,β-unsaturated/α-hetero) is 1. The third-order valence-corrected chi connectivity index (χ3v) is 16.1. The van der Waals surface area contributed by atoms with Crippen molar-refractivity contribution in [3.05, 3.63) is 0 Å². The standard InChI is InChI=1S/C39H63NO12/c1-17-8-13-39(40-15-17)18(2)25-33(52-39)29(44)26-22-7-6-20-14-21(9-11-37(20,4)23(22)10-12-38(25,26)5)49-36-34(31(46)28(43)24(16-41)50-36)51-35-32(47)30(45)27(42)19(3)48-35/h17-28,30-36,40-43,45-47H,6-16H2,1-5H3/t17?,18?,19-,20?,21?,22?,23?,24+,25?,26?,27-,28+,30+,31-,32+,33?,34+,35-,36+,37?,38?,39?/m0/s1. The van der Waals surface area contributed by atoms with Crippen LogP contribution < -0.4 is 5.32 Å². The second-order valence-corrected chi connectivity index (χ2v) is 18.8. The number of carbonyl (C=O) groups excluding carboxylic acids is 1. The average molecular weight is 738 g/mol. The Bertz CT molecular complexity index is 1330. The van der Waals surface area contributed by atoms with Crippen LogP contribution in [0.25, 0.3) is 0 Å². The number of aliphatic hydroxyl groups excluding tert-OH is 6. The van der Waals surface area contributed by atoms with Crippen LogP contribution in [0.5, 0.6) is 0 Å². The zero-order valence-corrected chi connectivity index (χ0v) is 31.4. The lowest BCUT2D eigenvalue weighted by Crippen LogP contribution is -2.64. The van der Waals surface area contributed by atoms with E-state index in [4.69, 9.17) is 23.7 Å². The summed E-state index contributed by atoms with van der Waals surface area (Å²) in [4.78, 5) is 14.5. The number of fused-ring (bicyclic) bond motifs is 7. The fraction of sp³-hybridized carbons (Fsp3) is 0.974. The first-order valence-corrected chi connectivity index (χ1v) is 20.2. The fourth-order valence-corrected chi connectivity index (χ4v) is 13.0. The lowest BCUT2D eigenvalue weighted by molar-refractivity contribution is -0.371. The third-order valence-electron chi connectivity index (χ3n) is 16.1. The van der Waals surface area contributed by atoms with Gasteiger partial charge in [0.05, 0.1) is 18.8 Å². The van der Waals surface area contributed by atoms with Crippen molar-refractivity contribution in [2.24, 2.45) is 52.3 Å². The summed E-state index contributed by atoms with van der Waals surface area (Å²) in [6.45, 7) is 11.3. The van der Waals surface area contributed by atoms with Crippen LogP contribution in [0.15, 0.2) is 0 Å². The number of nitrogens with one attached hydrogen (secondary N) is 1. The highest BCUT2D eigenvalue weighted by Crippen LogP contribution is 2.70. The second-order valence-electron chi connectivity index (χ2n) is 18.8. The Morgan fingerprint density at radius 1 is 0.808 bits per heavy atom. The van der Waals surface area contributed by atoms with E-state index < -0.39 is 68.0 Å². The summed E-state index contributed by atoms with van der Waals surface area (Å²) < 4.78 is 31.0. The maximum Gasteiger partial charge on any atom is 0.187 e. The summed E-state index contributed by atoms with van der Waals surface area (Å²) in [5, 5.41) is 66.7. The molecular weight excluding hydrogens is 674 g/mol. The number of hydrogen-bond donors (Lipinski definition) is 7. The molecule has 13 nitrogen and oxygen atoms in total. The zero-order valence-electron chi connectivity index (χ0n) is 31.4. The quantitative estimate of drug-likeness (QED) is 0.199. The van der Waals surface area contributed by atoms with Crippen LogP contribution >= 0.6 is 0 Å². The molecule has 12 unspecified atom stereocenters. The number of carbonyl (C=O) groups is 1. The molecule has 0 bridgehead atoms. The first kappa shape index (κ1) is 38.1. The number of rotatable bonds is 5. The van der Waals surface area contributed by atoms with E-state index in [1.54, 1.807) is 0 Å². The molecule has 0 amide bonds. The van der Waals surface area contributed by atoms with Crippen molar-refractivity contribution in [3.8, 4) is 0 Å². The Hall–Kier alpha value is -0.810. The van der Waals surface area contributed by atoms with E-state index in [1.807, 2.05) is 0 Å². The lowest BCUT2D eigenvalue weighted by atomic mass is 9.44.